The van der Waals surface area contributed by atoms with Crippen LogP contribution in [0.4, 0.5) is 61.5 Å². The predicted octanol–water partition coefficient (Wildman–Crippen LogP) is 6.73. The van der Waals surface area contributed by atoms with Crippen molar-refractivity contribution in [2.45, 2.75) is 253 Å². The van der Waals surface area contributed by atoms with Gasteiger partial charge in [0.05, 0.1) is 123 Å². The van der Waals surface area contributed by atoms with Gasteiger partial charge < -0.3 is 63.4 Å². The Kier molecular flexibility index (Phi) is 33.6. The molecular formula is C83H102F14I2N10O26. The fourth-order valence-electron chi connectivity index (χ4n) is 16.5. The molecule has 15 heterocycles. The fraction of sp³-hybridized carbons (Fsp3) is 0.663. The summed E-state index contributed by atoms with van der Waals surface area (Å²) in [5.41, 5.74) is -11.6. The molecule has 0 aliphatic carbocycles. The van der Waals surface area contributed by atoms with E-state index in [0.29, 0.717) is 32.8 Å². The van der Waals surface area contributed by atoms with E-state index < -0.39 is 275 Å². The number of carbonyl (C=O) groups excluding carboxylic acids is 8. The van der Waals surface area contributed by atoms with Gasteiger partial charge in [0.2, 0.25) is 67.2 Å². The van der Waals surface area contributed by atoms with Gasteiger partial charge in [-0.25, -0.2) is 71.1 Å². The molecular weight excluding hydrogens is 2070 g/mol. The van der Waals surface area contributed by atoms with Crippen molar-refractivity contribution < 1.29 is 163 Å². The van der Waals surface area contributed by atoms with E-state index in [4.69, 9.17) is 43.0 Å². The minimum Gasteiger partial charge on any atom is -0.461 e. The van der Waals surface area contributed by atoms with Gasteiger partial charge in [-0.1, -0.05) is 114 Å². The quantitative estimate of drug-likeness (QED) is 0.0338. The van der Waals surface area contributed by atoms with Crippen LogP contribution in [0.15, 0.2) is 110 Å². The van der Waals surface area contributed by atoms with Crippen LogP contribution in [0.25, 0.3) is 0 Å². The molecule has 752 valence electrons. The molecule has 0 unspecified atom stereocenters. The highest BCUT2D eigenvalue weighted by Gasteiger charge is 2.71. The predicted molar refractivity (Wildman–Crippen MR) is 453 cm³/mol. The summed E-state index contributed by atoms with van der Waals surface area (Å²) in [6.45, 7) is 14.2. The zero-order valence-corrected chi connectivity index (χ0v) is 78.6. The average Bonchev–Trinajstić information content (AvgIpc) is 1.55. The summed E-state index contributed by atoms with van der Waals surface area (Å²) in [4.78, 5) is 158. The van der Waals surface area contributed by atoms with E-state index >= 15 is 0 Å². The number of aliphatic hydroxyl groups excluding tert-OH is 5. The summed E-state index contributed by atoms with van der Waals surface area (Å²) in [5, 5.41) is 46.0. The Bertz CT molecular complexity index is 5190. The highest BCUT2D eigenvalue weighted by atomic mass is 127. The number of halogens is 16. The van der Waals surface area contributed by atoms with E-state index in [9.17, 15) is 144 Å². The molecule has 7 fully saturated rings. The molecule has 3 aromatic rings. The van der Waals surface area contributed by atoms with Crippen LogP contribution in [0.5, 0.6) is 6.01 Å². The summed E-state index contributed by atoms with van der Waals surface area (Å²) in [5.74, 6) is -35.4. The molecule has 0 radical (unpaired) electrons. The minimum absolute atomic E-state index is 0.0420. The largest absolute Gasteiger partial charge is 0.461 e. The smallest absolute Gasteiger partial charge is 0.330 e. The third kappa shape index (κ3) is 20.8. The lowest BCUT2D eigenvalue weighted by Gasteiger charge is -2.32. The van der Waals surface area contributed by atoms with Crippen LogP contribution in [0.3, 0.4) is 0 Å². The summed E-state index contributed by atoms with van der Waals surface area (Å²) >= 11 is 3.88. The first kappa shape index (κ1) is 110. The Hall–Kier alpha value is -8.44. The van der Waals surface area contributed by atoms with Gasteiger partial charge in [0, 0.05) is 70.4 Å². The van der Waals surface area contributed by atoms with Crippen LogP contribution in [0.1, 0.15) is 147 Å². The first-order valence-corrected chi connectivity index (χ1v) is 45.1. The van der Waals surface area contributed by atoms with Gasteiger partial charge in [0.15, 0.2) is 23.1 Å². The number of ketones is 4. The second kappa shape index (κ2) is 41.2. The first-order chi connectivity index (χ1) is 62.6. The van der Waals surface area contributed by atoms with E-state index in [1.165, 1.54) is 54.7 Å². The normalized spacial score (nSPS) is 34.0. The highest BCUT2D eigenvalue weighted by molar-refractivity contribution is 14.1. The third-order valence-corrected chi connectivity index (χ3v) is 29.5. The SMILES string of the molecule is CCC1(CC)O[C@@H](N2C=CC(=O)CC2=O)C(F)(F)[C@@H]1C.CC[C@@]1(C)O[C@@H](N2C=CC(=O)CC2=O)C(F)(F)[C@@H]1C.C[C@@H]1C(CO)(CO)O[C@@H](n2ccc(=O)[nH]c2=O)C1(F)F.C[C@@H]1[C@@H](CO)O[C@@H](n2ccc(=O)[nH]c2=O)C1(F)F.C[C@H]1C(F)(F)[C@H](N2C=CC(=O)CC2=O)O[C@@]1(CO)CI.C[C@H]1C(F)(F)[C@H](N2C=CC(=O)CC2=O)O[C@]1(C)CO.C[C@H]1C(F)(F)[C@H]2O[C@]1(CI)COc1nc(=O)ccn12. The molecule has 15 rings (SSSR count). The number of nitrogens with one attached hydrogen (secondary N) is 2. The maximum absolute atomic E-state index is 14.5. The van der Waals surface area contributed by atoms with Gasteiger partial charge in [0.1, 0.15) is 23.4 Å². The molecule has 52 heteroatoms. The number of alkyl halides is 16. The molecule has 2 bridgehead atoms. The molecule has 0 saturated carbocycles. The van der Waals surface area contributed by atoms with E-state index in [1.807, 2.05) is 55.1 Å². The number of aromatic amines is 2. The van der Waals surface area contributed by atoms with Crippen molar-refractivity contribution in [2.75, 3.05) is 48.5 Å². The molecule has 135 heavy (non-hydrogen) atoms. The molecule has 7 saturated heterocycles. The summed E-state index contributed by atoms with van der Waals surface area (Å²) in [6, 6.07) is 2.86. The number of rotatable bonds is 16. The van der Waals surface area contributed by atoms with Crippen LogP contribution in [0, 0.1) is 41.4 Å². The minimum atomic E-state index is -3.51. The zero-order chi connectivity index (χ0) is 102. The topological polar surface area (TPSA) is 469 Å². The van der Waals surface area contributed by atoms with Gasteiger partial charge in [-0.2, -0.15) is 4.98 Å². The van der Waals surface area contributed by atoms with Crippen molar-refractivity contribution in [2.24, 2.45) is 41.4 Å². The molecule has 0 aromatic carbocycles. The second-order valence-electron chi connectivity index (χ2n) is 34.5. The number of fused-ring (bicyclic) bond motifs is 4. The van der Waals surface area contributed by atoms with Crippen LogP contribution in [0.2, 0.25) is 0 Å². The molecule has 36 nitrogen and oxygen atoms in total. The van der Waals surface area contributed by atoms with Crippen molar-refractivity contribution in [3.05, 3.63) is 138 Å². The number of nitrogens with zero attached hydrogens (tertiary/aromatic N) is 8. The first-order valence-electron chi connectivity index (χ1n) is 42.0. The van der Waals surface area contributed by atoms with Crippen LogP contribution < -0.4 is 32.8 Å². The molecule has 19 atom stereocenters. The van der Waals surface area contributed by atoms with Crippen molar-refractivity contribution in [1.82, 2.24) is 48.3 Å². The Morgan fingerprint density at radius 3 is 1.06 bits per heavy atom. The molecule has 12 aliphatic heterocycles. The number of ether oxygens (including phenoxy) is 8. The monoisotopic (exact) mass is 2170 g/mol. The Labute approximate surface area is 785 Å². The van der Waals surface area contributed by atoms with E-state index in [0.717, 1.165) is 111 Å². The Morgan fingerprint density at radius 1 is 0.393 bits per heavy atom. The second-order valence-corrected chi connectivity index (χ2v) is 36.1. The Morgan fingerprint density at radius 2 is 0.733 bits per heavy atom. The average molecular weight is 2180 g/mol. The van der Waals surface area contributed by atoms with Crippen LogP contribution in [-0.4, -0.2) is 275 Å². The molecule has 12 aliphatic rings. The number of H-pyrrole nitrogens is 2. The van der Waals surface area contributed by atoms with E-state index in [1.54, 1.807) is 27.7 Å². The summed E-state index contributed by atoms with van der Waals surface area (Å²) in [7, 11) is 0. The van der Waals surface area contributed by atoms with Crippen molar-refractivity contribution in [1.29, 1.82) is 0 Å². The number of aliphatic hydroxyl groups is 5. The van der Waals surface area contributed by atoms with Crippen molar-refractivity contribution >= 4 is 91.9 Å². The lowest BCUT2D eigenvalue weighted by atomic mass is 9.82. The van der Waals surface area contributed by atoms with Gasteiger partial charge in [0.25, 0.3) is 58.1 Å². The molecule has 3 aromatic heterocycles. The fourth-order valence-corrected chi connectivity index (χ4v) is 18.7. The molecule has 0 spiro atoms. The lowest BCUT2D eigenvalue weighted by Crippen LogP contribution is -2.48. The number of amides is 4. The Balaban J connectivity index is 0.000000177. The number of hydrogen-bond donors (Lipinski definition) is 7. The van der Waals surface area contributed by atoms with Gasteiger partial charge in [-0.15, -0.1) is 0 Å². The third-order valence-electron chi connectivity index (χ3n) is 26.9. The summed E-state index contributed by atoms with van der Waals surface area (Å²) < 4.78 is 245. The zero-order valence-electron chi connectivity index (χ0n) is 74.3. The number of aromatic nitrogens is 6. The van der Waals surface area contributed by atoms with Crippen LogP contribution >= 0.6 is 45.2 Å². The summed E-state index contributed by atoms with van der Waals surface area (Å²) in [6.07, 6.45) is -1.82. The maximum atomic E-state index is 14.5. The van der Waals surface area contributed by atoms with E-state index in [2.05, 4.69) is 4.98 Å². The molecule has 4 amide bonds. The van der Waals surface area contributed by atoms with E-state index in [-0.39, 0.29) is 41.5 Å². The lowest BCUT2D eigenvalue weighted by molar-refractivity contribution is -0.175. The van der Waals surface area contributed by atoms with Gasteiger partial charge in [-0.05, 0) is 57.4 Å². The van der Waals surface area contributed by atoms with Crippen LogP contribution in [-0.2, 0) is 71.5 Å². The standard InChI is InChI=1S/C14H19F2NO3.C13H17F2NO3.C12H14F2INO4.C12H15F2NO4.C11H11F2IN2O3.C11H14F2N2O5.C10H12F2N2O4/c1-4-13(5-2)9(3)14(15,16)12(20-13)17-7-6-10(18)8-11(17)19;1-4-12(3)8(2)13(14,15)11(19-12)16-6-5-9(17)7-10(16)18;1-7-11(5-15,6-17)20-10(12(7,13)14)16-3-2-8(18)4-9(16)19;1-7-11(2,6-16)19-10(12(7,13)14)15-4-3-8(17)5-9(15)18;1-6-10(4-14)5-18-9-15-7(17)2-3-16(9)8(19-10)11(6,12)13;1-6-10(4-16,5-17)20-8(11(6,12)13)15-3-2-7(18)14-9(15)19;1-5-6(4-15)18-8(10(5,11)12)14-3-2-7(16)13-9(14)17/h6-7,9,12H,4-5,8H2,1-3H3;5-6,8,11H,4,7H2,1-3H3;2-3,7,10,17H,4-6H2,1H3;3-4,7,10,16H,5-6H2,1-2H3;2-3,6,8H,4-5H2,1H3;2-3,6,8,16-17H,4-5H2,1H3,(H,14,18,19);2-3,5-6,8,15H,4H2,1H3,(H,13,16,17)/t9-,12-;8-,11-,12-;2*7-,10-,11-;6-,8-,10-;6-,8-;5-,6-,8-/m1111111/s1. The highest BCUT2D eigenvalue weighted by Crippen LogP contribution is 2.58. The van der Waals surface area contributed by atoms with Crippen molar-refractivity contribution in [3.63, 3.8) is 0 Å². The van der Waals surface area contributed by atoms with Gasteiger partial charge in [-0.3, -0.25) is 96.0 Å². The maximum Gasteiger partial charge on any atom is 0.330 e. The number of allylic oxidation sites excluding steroid dienone is 4. The molecule has 7 N–H and O–H groups in total. The number of hydrogen-bond acceptors (Lipinski definition) is 27. The number of carbonyl (C=O) groups is 8. The van der Waals surface area contributed by atoms with Crippen molar-refractivity contribution in [3.8, 4) is 6.01 Å². The van der Waals surface area contributed by atoms with Gasteiger partial charge >= 0.3 is 17.4 Å².